The van der Waals surface area contributed by atoms with E-state index in [1.54, 1.807) is 18.2 Å². The minimum absolute atomic E-state index is 0.00392. The summed E-state index contributed by atoms with van der Waals surface area (Å²) in [4.78, 5) is 15.1. The van der Waals surface area contributed by atoms with Crippen LogP contribution in [0.15, 0.2) is 47.4 Å². The molecule has 27 heavy (non-hydrogen) atoms. The maximum Gasteiger partial charge on any atom is 0.339 e. The number of H-pyrrole nitrogens is 1. The van der Waals surface area contributed by atoms with Crippen LogP contribution in [0, 0.1) is 5.82 Å². The number of hydrogen-bond acceptors (Lipinski definition) is 4. The molecule has 3 aromatic rings. The second-order valence-corrected chi connectivity index (χ2v) is 8.25. The molecule has 6 nitrogen and oxygen atoms in total. The minimum atomic E-state index is -3.92. The minimum Gasteiger partial charge on any atom is -0.465 e. The number of aromatic nitrogens is 1. The molecule has 0 radical (unpaired) electrons. The molecule has 0 unspecified atom stereocenters. The molecule has 0 aliphatic carbocycles. The zero-order chi connectivity index (χ0) is 19.2. The zero-order valence-corrected chi connectivity index (χ0v) is 15.3. The van der Waals surface area contributed by atoms with Crippen molar-refractivity contribution >= 4 is 26.9 Å². The van der Waals surface area contributed by atoms with Crippen LogP contribution in [0.25, 0.3) is 10.9 Å². The maximum absolute atomic E-state index is 13.7. The summed E-state index contributed by atoms with van der Waals surface area (Å²) in [5.74, 6) is -1.08. The third-order valence-electron chi connectivity index (χ3n) is 4.81. The van der Waals surface area contributed by atoms with Gasteiger partial charge in [-0.05, 0) is 35.9 Å². The van der Waals surface area contributed by atoms with Gasteiger partial charge in [0.15, 0.2) is 0 Å². The van der Waals surface area contributed by atoms with Gasteiger partial charge in [-0.2, -0.15) is 4.31 Å². The largest absolute Gasteiger partial charge is 0.465 e. The zero-order valence-electron chi connectivity index (χ0n) is 14.5. The van der Waals surface area contributed by atoms with Gasteiger partial charge in [0.05, 0.1) is 17.6 Å². The first kappa shape index (κ1) is 17.7. The Hall–Kier alpha value is -2.71. The molecule has 8 heteroatoms. The molecule has 0 fully saturated rings. The Bertz CT molecular complexity index is 1150. The Morgan fingerprint density at radius 3 is 2.78 bits per heavy atom. The number of sulfonamides is 1. The van der Waals surface area contributed by atoms with Gasteiger partial charge in [-0.25, -0.2) is 17.6 Å². The highest BCUT2D eigenvalue weighted by Crippen LogP contribution is 2.31. The number of halogens is 1. The van der Waals surface area contributed by atoms with Gasteiger partial charge in [-0.3, -0.25) is 0 Å². The highest BCUT2D eigenvalue weighted by molar-refractivity contribution is 7.89. The van der Waals surface area contributed by atoms with Crippen molar-refractivity contribution in [2.24, 2.45) is 0 Å². The Morgan fingerprint density at radius 2 is 2.00 bits per heavy atom. The van der Waals surface area contributed by atoms with Crippen molar-refractivity contribution < 1.29 is 22.3 Å². The first-order valence-electron chi connectivity index (χ1n) is 8.38. The van der Waals surface area contributed by atoms with Gasteiger partial charge in [0, 0.05) is 36.1 Å². The van der Waals surface area contributed by atoms with Crippen molar-refractivity contribution in [3.05, 3.63) is 65.1 Å². The SMILES string of the molecule is COC(=O)c1ccccc1S(=O)(=O)N1CCc2[nH]c3ccc(F)cc3c2C1. The molecule has 0 spiro atoms. The third-order valence-corrected chi connectivity index (χ3v) is 6.72. The van der Waals surface area contributed by atoms with Crippen LogP contribution in [0.5, 0.6) is 0 Å². The van der Waals surface area contributed by atoms with Crippen LogP contribution in [0.2, 0.25) is 0 Å². The molecule has 140 valence electrons. The van der Waals surface area contributed by atoms with E-state index in [2.05, 4.69) is 4.98 Å². The van der Waals surface area contributed by atoms with Gasteiger partial charge in [0.25, 0.3) is 0 Å². The van der Waals surface area contributed by atoms with Crippen molar-refractivity contribution in [1.29, 1.82) is 0 Å². The van der Waals surface area contributed by atoms with Crippen LogP contribution in [-0.2, 0) is 27.7 Å². The fourth-order valence-electron chi connectivity index (χ4n) is 3.48. The molecule has 2 heterocycles. The summed E-state index contributed by atoms with van der Waals surface area (Å²) in [5, 5.41) is 0.672. The molecule has 0 atom stereocenters. The van der Waals surface area contributed by atoms with E-state index in [9.17, 15) is 17.6 Å². The fourth-order valence-corrected chi connectivity index (χ4v) is 5.06. The summed E-state index contributed by atoms with van der Waals surface area (Å²) in [5.41, 5.74) is 2.43. The Balaban J connectivity index is 1.77. The van der Waals surface area contributed by atoms with Gasteiger partial charge < -0.3 is 9.72 Å². The molecule has 1 aliphatic rings. The van der Waals surface area contributed by atoms with Crippen molar-refractivity contribution in [2.75, 3.05) is 13.7 Å². The number of carbonyl (C=O) groups excluding carboxylic acids is 1. The molecule has 0 saturated carbocycles. The normalized spacial score (nSPS) is 14.9. The lowest BCUT2D eigenvalue weighted by Gasteiger charge is -2.27. The second-order valence-electron chi connectivity index (χ2n) is 6.35. The number of nitrogens with one attached hydrogen (secondary N) is 1. The summed E-state index contributed by atoms with van der Waals surface area (Å²) < 4.78 is 46.1. The number of ether oxygens (including phenoxy) is 1. The molecule has 0 bridgehead atoms. The van der Waals surface area contributed by atoms with E-state index in [-0.39, 0.29) is 29.4 Å². The Labute approximate surface area is 155 Å². The summed E-state index contributed by atoms with van der Waals surface area (Å²) >= 11 is 0. The highest BCUT2D eigenvalue weighted by Gasteiger charge is 2.33. The average Bonchev–Trinajstić information content (AvgIpc) is 3.04. The molecule has 1 aliphatic heterocycles. The first-order chi connectivity index (χ1) is 12.9. The molecule has 0 saturated heterocycles. The van der Waals surface area contributed by atoms with Crippen LogP contribution in [0.4, 0.5) is 4.39 Å². The van der Waals surface area contributed by atoms with Gasteiger partial charge in [-0.15, -0.1) is 0 Å². The van der Waals surface area contributed by atoms with E-state index in [0.29, 0.717) is 11.8 Å². The van der Waals surface area contributed by atoms with Crippen LogP contribution < -0.4 is 0 Å². The van der Waals surface area contributed by atoms with Crippen molar-refractivity contribution in [3.8, 4) is 0 Å². The summed E-state index contributed by atoms with van der Waals surface area (Å²) in [6.45, 7) is 0.372. The average molecular weight is 388 g/mol. The van der Waals surface area contributed by atoms with Crippen molar-refractivity contribution in [1.82, 2.24) is 9.29 Å². The summed E-state index contributed by atoms with van der Waals surface area (Å²) in [6.07, 6.45) is 0.477. The van der Waals surface area contributed by atoms with E-state index in [0.717, 1.165) is 16.8 Å². The number of nitrogens with zero attached hydrogens (tertiary/aromatic N) is 1. The van der Waals surface area contributed by atoms with Crippen LogP contribution in [0.1, 0.15) is 21.6 Å². The van der Waals surface area contributed by atoms with E-state index < -0.39 is 16.0 Å². The molecule has 0 amide bonds. The molecule has 2 aromatic carbocycles. The number of methoxy groups -OCH3 is 1. The lowest BCUT2D eigenvalue weighted by molar-refractivity contribution is 0.0596. The van der Waals surface area contributed by atoms with Crippen LogP contribution >= 0.6 is 0 Å². The van der Waals surface area contributed by atoms with Crippen molar-refractivity contribution in [3.63, 3.8) is 0 Å². The van der Waals surface area contributed by atoms with Gasteiger partial charge >= 0.3 is 5.97 Å². The lowest BCUT2D eigenvalue weighted by atomic mass is 10.1. The van der Waals surface area contributed by atoms with Crippen LogP contribution in [-0.4, -0.2) is 37.3 Å². The summed E-state index contributed by atoms with van der Waals surface area (Å²) in [7, 11) is -2.71. The highest BCUT2D eigenvalue weighted by atomic mass is 32.2. The van der Waals surface area contributed by atoms with E-state index in [1.165, 1.54) is 35.7 Å². The van der Waals surface area contributed by atoms with Gasteiger partial charge in [0.2, 0.25) is 10.0 Å². The number of rotatable bonds is 3. The quantitative estimate of drug-likeness (QED) is 0.700. The predicted octanol–water partition coefficient (Wildman–Crippen LogP) is 2.84. The molecule has 1 aromatic heterocycles. The Morgan fingerprint density at radius 1 is 1.22 bits per heavy atom. The number of fused-ring (bicyclic) bond motifs is 3. The number of benzene rings is 2. The van der Waals surface area contributed by atoms with Crippen molar-refractivity contribution in [2.45, 2.75) is 17.9 Å². The van der Waals surface area contributed by atoms with Gasteiger partial charge in [-0.1, -0.05) is 12.1 Å². The monoisotopic (exact) mass is 388 g/mol. The van der Waals surface area contributed by atoms with Gasteiger partial charge in [0.1, 0.15) is 5.82 Å². The molecular weight excluding hydrogens is 371 g/mol. The topological polar surface area (TPSA) is 79.5 Å². The summed E-state index contributed by atoms with van der Waals surface area (Å²) in [6, 6.07) is 10.4. The number of hydrogen-bond donors (Lipinski definition) is 1. The number of aromatic amines is 1. The predicted molar refractivity (Wildman–Crippen MR) is 97.3 cm³/mol. The third kappa shape index (κ3) is 2.90. The van der Waals surface area contributed by atoms with Crippen LogP contribution in [0.3, 0.4) is 0 Å². The Kier molecular flexibility index (Phi) is 4.24. The lowest BCUT2D eigenvalue weighted by Crippen LogP contribution is -2.36. The first-order valence-corrected chi connectivity index (χ1v) is 9.82. The van der Waals surface area contributed by atoms with E-state index >= 15 is 0 Å². The second kappa shape index (κ2) is 6.47. The number of carbonyl (C=O) groups is 1. The fraction of sp³-hybridized carbons (Fsp3) is 0.211. The molecular formula is C19H17FN2O4S. The smallest absolute Gasteiger partial charge is 0.339 e. The number of esters is 1. The molecule has 1 N–H and O–H groups in total. The standard InChI is InChI=1S/C19H17FN2O4S/c1-26-19(23)13-4-2-3-5-18(13)27(24,25)22-9-8-17-15(11-22)14-10-12(20)6-7-16(14)21-17/h2-7,10,21H,8-9,11H2,1H3. The van der Waals surface area contributed by atoms with E-state index in [1.807, 2.05) is 0 Å². The molecule has 4 rings (SSSR count). The van der Waals surface area contributed by atoms with E-state index in [4.69, 9.17) is 4.74 Å². The maximum atomic E-state index is 13.7.